The minimum absolute atomic E-state index is 0.314. The normalized spacial score (nSPS) is 10.5. The lowest BCUT2D eigenvalue weighted by Crippen LogP contribution is -2.21. The van der Waals surface area contributed by atoms with Crippen molar-refractivity contribution in [2.75, 3.05) is 11.9 Å². The van der Waals surface area contributed by atoms with Gasteiger partial charge in [0.15, 0.2) is 6.61 Å². The monoisotopic (exact) mass is 356 g/mol. The zero-order valence-electron chi connectivity index (χ0n) is 13.7. The van der Waals surface area contributed by atoms with Crippen molar-refractivity contribution in [1.82, 2.24) is 4.98 Å². The molecule has 3 aromatic rings. The molecule has 0 saturated carbocycles. The summed E-state index contributed by atoms with van der Waals surface area (Å²) in [6.07, 6.45) is 1.40. The van der Waals surface area contributed by atoms with Crippen molar-refractivity contribution in [1.29, 1.82) is 0 Å². The van der Waals surface area contributed by atoms with Gasteiger partial charge >= 0.3 is 5.97 Å². The van der Waals surface area contributed by atoms with Gasteiger partial charge in [-0.05, 0) is 32.0 Å². The second kappa shape index (κ2) is 7.31. The van der Waals surface area contributed by atoms with E-state index in [1.807, 2.05) is 30.5 Å². The maximum atomic E-state index is 12.0. The van der Waals surface area contributed by atoms with Crippen LogP contribution in [0.5, 0.6) is 0 Å². The molecule has 6 nitrogen and oxygen atoms in total. The standard InChI is InChI=1S/C18H16N2O4S/c1-11-15(6-7-23-11)18(22)24-9-17(21)20-14-5-3-4-13(8-14)16-10-25-12(2)19-16/h3-8,10H,9H2,1-2H3,(H,20,21). The van der Waals surface area contributed by atoms with E-state index in [0.29, 0.717) is 17.0 Å². The van der Waals surface area contributed by atoms with Crippen molar-refractivity contribution in [2.24, 2.45) is 0 Å². The molecule has 0 saturated heterocycles. The Morgan fingerprint density at radius 2 is 2.12 bits per heavy atom. The molecule has 25 heavy (non-hydrogen) atoms. The first-order valence-corrected chi connectivity index (χ1v) is 8.44. The SMILES string of the molecule is Cc1nc(-c2cccc(NC(=O)COC(=O)c3ccoc3C)c2)cs1. The second-order valence-corrected chi connectivity index (χ2v) is 6.41. The van der Waals surface area contributed by atoms with Crippen LogP contribution in [0.25, 0.3) is 11.3 Å². The van der Waals surface area contributed by atoms with E-state index in [4.69, 9.17) is 9.15 Å². The number of ether oxygens (including phenoxy) is 1. The molecule has 0 aliphatic rings. The summed E-state index contributed by atoms with van der Waals surface area (Å²) >= 11 is 1.57. The number of nitrogens with one attached hydrogen (secondary N) is 1. The van der Waals surface area contributed by atoms with Gasteiger partial charge in [0.1, 0.15) is 11.3 Å². The van der Waals surface area contributed by atoms with Crippen LogP contribution >= 0.6 is 11.3 Å². The molecule has 2 heterocycles. The average molecular weight is 356 g/mol. The highest BCUT2D eigenvalue weighted by atomic mass is 32.1. The summed E-state index contributed by atoms with van der Waals surface area (Å²) in [6.45, 7) is 3.22. The first kappa shape index (κ1) is 16.9. The van der Waals surface area contributed by atoms with Gasteiger partial charge in [-0.15, -0.1) is 11.3 Å². The van der Waals surface area contributed by atoms with E-state index < -0.39 is 11.9 Å². The number of amides is 1. The summed E-state index contributed by atoms with van der Waals surface area (Å²) in [5.74, 6) is -0.550. The minimum atomic E-state index is -0.590. The third kappa shape index (κ3) is 4.13. The molecule has 0 aliphatic heterocycles. The predicted molar refractivity (Wildman–Crippen MR) is 94.6 cm³/mol. The summed E-state index contributed by atoms with van der Waals surface area (Å²) in [5.41, 5.74) is 2.70. The lowest BCUT2D eigenvalue weighted by Gasteiger charge is -2.07. The number of benzene rings is 1. The van der Waals surface area contributed by atoms with Crippen molar-refractivity contribution >= 4 is 28.9 Å². The number of hydrogen-bond acceptors (Lipinski definition) is 6. The molecule has 128 valence electrons. The van der Waals surface area contributed by atoms with E-state index in [-0.39, 0.29) is 6.61 Å². The van der Waals surface area contributed by atoms with E-state index >= 15 is 0 Å². The van der Waals surface area contributed by atoms with Crippen molar-refractivity contribution < 1.29 is 18.7 Å². The highest BCUT2D eigenvalue weighted by Gasteiger charge is 2.15. The van der Waals surface area contributed by atoms with Crippen molar-refractivity contribution in [3.8, 4) is 11.3 Å². The summed E-state index contributed by atoms with van der Waals surface area (Å²) in [6, 6.07) is 8.86. The quantitative estimate of drug-likeness (QED) is 0.703. The number of aryl methyl sites for hydroxylation is 2. The van der Waals surface area contributed by atoms with E-state index in [1.54, 1.807) is 24.3 Å². The molecule has 0 radical (unpaired) electrons. The van der Waals surface area contributed by atoms with Crippen LogP contribution in [0.2, 0.25) is 0 Å². The van der Waals surface area contributed by atoms with E-state index in [0.717, 1.165) is 16.3 Å². The molecule has 1 aromatic carbocycles. The third-order valence-electron chi connectivity index (χ3n) is 3.47. The highest BCUT2D eigenvalue weighted by molar-refractivity contribution is 7.09. The molecule has 0 fully saturated rings. The van der Waals surface area contributed by atoms with Gasteiger partial charge < -0.3 is 14.5 Å². The third-order valence-corrected chi connectivity index (χ3v) is 4.25. The fourth-order valence-corrected chi connectivity index (χ4v) is 2.88. The van der Waals surface area contributed by atoms with Gasteiger partial charge in [-0.3, -0.25) is 4.79 Å². The van der Waals surface area contributed by atoms with Crippen molar-refractivity contribution in [3.63, 3.8) is 0 Å². The van der Waals surface area contributed by atoms with Crippen LogP contribution in [0.15, 0.2) is 46.4 Å². The van der Waals surface area contributed by atoms with Gasteiger partial charge in [-0.1, -0.05) is 12.1 Å². The van der Waals surface area contributed by atoms with E-state index in [2.05, 4.69) is 10.3 Å². The molecular formula is C18H16N2O4S. The van der Waals surface area contributed by atoms with Gasteiger partial charge in [0.25, 0.3) is 5.91 Å². The van der Waals surface area contributed by atoms with Crippen LogP contribution < -0.4 is 5.32 Å². The van der Waals surface area contributed by atoms with Crippen LogP contribution in [0, 0.1) is 13.8 Å². The molecule has 2 aromatic heterocycles. The lowest BCUT2D eigenvalue weighted by molar-refractivity contribution is -0.119. The summed E-state index contributed by atoms with van der Waals surface area (Å²) in [4.78, 5) is 28.3. The molecule has 3 rings (SSSR count). The Kier molecular flexibility index (Phi) is 4.95. The maximum absolute atomic E-state index is 12.0. The van der Waals surface area contributed by atoms with Gasteiger partial charge in [-0.25, -0.2) is 9.78 Å². The molecule has 1 amide bonds. The Morgan fingerprint density at radius 1 is 1.28 bits per heavy atom. The number of nitrogens with zero attached hydrogens (tertiary/aromatic N) is 1. The van der Waals surface area contributed by atoms with Crippen LogP contribution in [-0.4, -0.2) is 23.5 Å². The lowest BCUT2D eigenvalue weighted by atomic mass is 10.1. The van der Waals surface area contributed by atoms with Gasteiger partial charge in [0, 0.05) is 16.6 Å². The number of rotatable bonds is 5. The topological polar surface area (TPSA) is 81.4 Å². The molecular weight excluding hydrogens is 340 g/mol. The Balaban J connectivity index is 1.60. The number of aromatic nitrogens is 1. The van der Waals surface area contributed by atoms with E-state index in [1.165, 1.54) is 12.3 Å². The molecule has 1 N–H and O–H groups in total. The van der Waals surface area contributed by atoms with Crippen LogP contribution in [0.1, 0.15) is 21.1 Å². The fraction of sp³-hybridized carbons (Fsp3) is 0.167. The molecule has 0 aliphatic carbocycles. The van der Waals surface area contributed by atoms with Crippen molar-refractivity contribution in [3.05, 3.63) is 58.3 Å². The molecule has 0 bridgehead atoms. The van der Waals surface area contributed by atoms with Crippen LogP contribution in [0.3, 0.4) is 0 Å². The first-order valence-electron chi connectivity index (χ1n) is 7.56. The molecule has 0 unspecified atom stereocenters. The molecule has 7 heteroatoms. The number of thiazole rings is 1. The number of furan rings is 1. The zero-order chi connectivity index (χ0) is 17.8. The average Bonchev–Trinajstić information content (AvgIpc) is 3.21. The summed E-state index contributed by atoms with van der Waals surface area (Å²) in [7, 11) is 0. The first-order chi connectivity index (χ1) is 12.0. The number of carbonyl (C=O) groups excluding carboxylic acids is 2. The van der Waals surface area contributed by atoms with Gasteiger partial charge in [0.2, 0.25) is 0 Å². The Labute approximate surface area is 148 Å². The molecule has 0 atom stereocenters. The Morgan fingerprint density at radius 3 is 2.80 bits per heavy atom. The highest BCUT2D eigenvalue weighted by Crippen LogP contribution is 2.24. The van der Waals surface area contributed by atoms with Crippen molar-refractivity contribution in [2.45, 2.75) is 13.8 Å². The van der Waals surface area contributed by atoms with Gasteiger partial charge in [-0.2, -0.15) is 0 Å². The number of esters is 1. The maximum Gasteiger partial charge on any atom is 0.342 e. The van der Waals surface area contributed by atoms with E-state index in [9.17, 15) is 9.59 Å². The number of anilines is 1. The minimum Gasteiger partial charge on any atom is -0.469 e. The fourth-order valence-electron chi connectivity index (χ4n) is 2.25. The predicted octanol–water partition coefficient (Wildman–Crippen LogP) is 3.82. The van der Waals surface area contributed by atoms with Crippen LogP contribution in [-0.2, 0) is 9.53 Å². The molecule has 0 spiro atoms. The zero-order valence-corrected chi connectivity index (χ0v) is 14.6. The number of hydrogen-bond donors (Lipinski definition) is 1. The second-order valence-electron chi connectivity index (χ2n) is 5.35. The van der Waals surface area contributed by atoms with Gasteiger partial charge in [0.05, 0.1) is 17.0 Å². The smallest absolute Gasteiger partial charge is 0.342 e. The largest absolute Gasteiger partial charge is 0.469 e. The Bertz CT molecular complexity index is 913. The van der Waals surface area contributed by atoms with Crippen LogP contribution in [0.4, 0.5) is 5.69 Å². The summed E-state index contributed by atoms with van der Waals surface area (Å²) in [5, 5.41) is 5.65. The summed E-state index contributed by atoms with van der Waals surface area (Å²) < 4.78 is 10.0. The number of carbonyl (C=O) groups is 2. The Hall–Kier alpha value is -2.93.